The molecule has 1 amide bonds. The maximum atomic E-state index is 14.0. The van der Waals surface area contributed by atoms with Gasteiger partial charge in [0.15, 0.2) is 0 Å². The first kappa shape index (κ1) is 22.7. The number of phenolic OH excluding ortho intramolecular Hbond substituents is 1. The van der Waals surface area contributed by atoms with Gasteiger partial charge in [0.2, 0.25) is 0 Å². The number of ether oxygens (including phenoxy) is 3. The van der Waals surface area contributed by atoms with E-state index < -0.39 is 5.54 Å². The summed E-state index contributed by atoms with van der Waals surface area (Å²) >= 11 is 0. The van der Waals surface area contributed by atoms with Crippen molar-refractivity contribution in [3.8, 4) is 28.7 Å². The highest BCUT2D eigenvalue weighted by atomic mass is 16.5. The summed E-state index contributed by atoms with van der Waals surface area (Å²) in [6.07, 6.45) is 1.63. The molecule has 37 heavy (non-hydrogen) atoms. The number of benzene rings is 4. The van der Waals surface area contributed by atoms with Crippen molar-refractivity contribution >= 4 is 12.1 Å². The van der Waals surface area contributed by atoms with Gasteiger partial charge in [0.1, 0.15) is 34.3 Å². The van der Waals surface area contributed by atoms with Gasteiger partial charge in [0.05, 0.1) is 19.9 Å². The number of phenols is 1. The molecular weight excluding hydrogens is 468 g/mol. The highest BCUT2D eigenvalue weighted by Gasteiger charge is 2.57. The fourth-order valence-corrected chi connectivity index (χ4v) is 5.22. The summed E-state index contributed by atoms with van der Waals surface area (Å²) in [6, 6.07) is 25.5. The summed E-state index contributed by atoms with van der Waals surface area (Å²) < 4.78 is 17.5. The third-order valence-corrected chi connectivity index (χ3v) is 6.74. The van der Waals surface area contributed by atoms with Gasteiger partial charge >= 0.3 is 0 Å². The first-order chi connectivity index (χ1) is 18.1. The summed E-state index contributed by atoms with van der Waals surface area (Å²) in [4.78, 5) is 14.0. The number of fused-ring (bicyclic) bond motifs is 6. The minimum atomic E-state index is -1.13. The van der Waals surface area contributed by atoms with Crippen LogP contribution in [0.25, 0.3) is 0 Å². The Morgan fingerprint density at radius 1 is 0.946 bits per heavy atom. The van der Waals surface area contributed by atoms with Crippen molar-refractivity contribution in [1.29, 1.82) is 0 Å². The monoisotopic (exact) mass is 492 g/mol. The van der Waals surface area contributed by atoms with Crippen molar-refractivity contribution in [2.75, 3.05) is 13.7 Å². The highest BCUT2D eigenvalue weighted by molar-refractivity contribution is 6.03. The third-order valence-electron chi connectivity index (χ3n) is 6.74. The van der Waals surface area contributed by atoms with Crippen LogP contribution in [0, 0.1) is 0 Å². The molecule has 2 aliphatic heterocycles. The van der Waals surface area contributed by atoms with E-state index in [1.807, 2.05) is 67.6 Å². The van der Waals surface area contributed by atoms with Gasteiger partial charge in [-0.3, -0.25) is 4.79 Å². The van der Waals surface area contributed by atoms with Crippen LogP contribution in [-0.2, 0) is 5.54 Å². The van der Waals surface area contributed by atoms with E-state index in [1.54, 1.807) is 37.6 Å². The number of nitrogens with zero attached hydrogens (tertiary/aromatic N) is 2. The molecule has 0 bridgehead atoms. The van der Waals surface area contributed by atoms with Crippen molar-refractivity contribution in [3.63, 3.8) is 0 Å². The lowest BCUT2D eigenvalue weighted by Crippen LogP contribution is -2.44. The molecule has 184 valence electrons. The number of aromatic hydroxyl groups is 1. The van der Waals surface area contributed by atoms with Crippen LogP contribution in [0.4, 0.5) is 0 Å². The molecule has 1 spiro atoms. The number of methoxy groups -OCH3 is 1. The SMILES string of the molecule is CCOc1ccc2c(c1)Oc1cc(O)ccc1C21c2ccccc2C(=O)N1/N=C/c1ccccc1OC. The van der Waals surface area contributed by atoms with E-state index in [4.69, 9.17) is 19.3 Å². The molecule has 0 aliphatic carbocycles. The summed E-state index contributed by atoms with van der Waals surface area (Å²) in [6.45, 7) is 2.41. The number of carbonyl (C=O) groups excluding carboxylic acids is 1. The molecule has 0 aromatic heterocycles. The van der Waals surface area contributed by atoms with E-state index in [0.717, 1.165) is 16.7 Å². The molecule has 4 aromatic carbocycles. The first-order valence-corrected chi connectivity index (χ1v) is 12.0. The Hall–Kier alpha value is -4.78. The van der Waals surface area contributed by atoms with Crippen LogP contribution >= 0.6 is 0 Å². The van der Waals surface area contributed by atoms with Gasteiger partial charge in [-0.2, -0.15) is 5.10 Å². The van der Waals surface area contributed by atoms with E-state index in [2.05, 4.69) is 0 Å². The van der Waals surface area contributed by atoms with Gasteiger partial charge < -0.3 is 19.3 Å². The standard InChI is InChI=1S/C30H24N2O5/c1-3-36-21-13-15-25-28(17-21)37-27-16-20(33)12-14-24(27)30(25)23-10-6-5-9-22(23)29(34)32(30)31-18-19-8-4-7-11-26(19)35-2/h4-18,33H,3H2,1-2H3/b31-18+. The van der Waals surface area contributed by atoms with Crippen LogP contribution in [0.5, 0.6) is 28.7 Å². The summed E-state index contributed by atoms with van der Waals surface area (Å²) in [5.41, 5.74) is 2.35. The Balaban J connectivity index is 1.65. The molecule has 2 heterocycles. The molecule has 7 heteroatoms. The van der Waals surface area contributed by atoms with E-state index in [1.165, 1.54) is 5.01 Å². The Kier molecular flexibility index (Phi) is 5.34. The van der Waals surface area contributed by atoms with Crippen molar-refractivity contribution in [2.24, 2.45) is 5.10 Å². The fourth-order valence-electron chi connectivity index (χ4n) is 5.22. The lowest BCUT2D eigenvalue weighted by molar-refractivity contribution is 0.0675. The number of hydrazone groups is 1. The molecule has 0 radical (unpaired) electrons. The van der Waals surface area contributed by atoms with E-state index in [9.17, 15) is 9.90 Å². The molecule has 1 atom stereocenters. The normalized spacial score (nSPS) is 17.4. The fraction of sp³-hybridized carbons (Fsp3) is 0.133. The van der Waals surface area contributed by atoms with Crippen LogP contribution in [0.1, 0.15) is 39.5 Å². The zero-order valence-electron chi connectivity index (χ0n) is 20.3. The first-order valence-electron chi connectivity index (χ1n) is 12.0. The predicted molar refractivity (Wildman–Crippen MR) is 139 cm³/mol. The number of hydrogen-bond acceptors (Lipinski definition) is 6. The summed E-state index contributed by atoms with van der Waals surface area (Å²) in [7, 11) is 1.60. The molecule has 7 nitrogen and oxygen atoms in total. The molecule has 2 aliphatic rings. The number of carbonyl (C=O) groups is 1. The molecular formula is C30H24N2O5. The average Bonchev–Trinajstić information content (AvgIpc) is 3.16. The molecule has 0 fully saturated rings. The van der Waals surface area contributed by atoms with Gasteiger partial charge in [-0.1, -0.05) is 30.3 Å². The maximum absolute atomic E-state index is 14.0. The zero-order chi connectivity index (χ0) is 25.6. The lowest BCUT2D eigenvalue weighted by atomic mass is 9.75. The topological polar surface area (TPSA) is 80.6 Å². The largest absolute Gasteiger partial charge is 0.508 e. The average molecular weight is 493 g/mol. The van der Waals surface area contributed by atoms with Crippen molar-refractivity contribution in [3.05, 3.63) is 113 Å². The van der Waals surface area contributed by atoms with Gasteiger partial charge in [-0.05, 0) is 49.4 Å². The second-order valence-corrected chi connectivity index (χ2v) is 8.73. The van der Waals surface area contributed by atoms with Crippen molar-refractivity contribution in [2.45, 2.75) is 12.5 Å². The number of para-hydroxylation sites is 1. The van der Waals surface area contributed by atoms with Crippen molar-refractivity contribution in [1.82, 2.24) is 5.01 Å². The van der Waals surface area contributed by atoms with Crippen molar-refractivity contribution < 1.29 is 24.1 Å². The molecule has 1 unspecified atom stereocenters. The minimum Gasteiger partial charge on any atom is -0.508 e. The van der Waals surface area contributed by atoms with E-state index in [0.29, 0.717) is 40.7 Å². The maximum Gasteiger partial charge on any atom is 0.275 e. The summed E-state index contributed by atoms with van der Waals surface area (Å²) in [5.74, 6) is 2.04. The number of rotatable bonds is 5. The smallest absolute Gasteiger partial charge is 0.275 e. The Morgan fingerprint density at radius 2 is 1.68 bits per heavy atom. The number of hydrogen-bond donors (Lipinski definition) is 1. The van der Waals surface area contributed by atoms with Crippen LogP contribution in [0.15, 0.2) is 90.0 Å². The highest BCUT2D eigenvalue weighted by Crippen LogP contribution is 2.58. The van der Waals surface area contributed by atoms with Crippen LogP contribution in [-0.4, -0.2) is 36.0 Å². The molecule has 4 aromatic rings. The van der Waals surface area contributed by atoms with Crippen LogP contribution < -0.4 is 14.2 Å². The molecule has 1 N–H and O–H groups in total. The van der Waals surface area contributed by atoms with Gasteiger partial charge in [-0.15, -0.1) is 0 Å². The predicted octanol–water partition coefficient (Wildman–Crippen LogP) is 5.69. The van der Waals surface area contributed by atoms with E-state index in [-0.39, 0.29) is 11.7 Å². The quantitative estimate of drug-likeness (QED) is 0.362. The Labute approximate surface area is 214 Å². The van der Waals surface area contributed by atoms with Gasteiger partial charge in [-0.25, -0.2) is 5.01 Å². The van der Waals surface area contributed by atoms with Crippen LogP contribution in [0.3, 0.4) is 0 Å². The molecule has 0 saturated heterocycles. The Bertz CT molecular complexity index is 1560. The lowest BCUT2D eigenvalue weighted by Gasteiger charge is -2.41. The third kappa shape index (κ3) is 3.35. The Morgan fingerprint density at radius 3 is 2.49 bits per heavy atom. The zero-order valence-corrected chi connectivity index (χ0v) is 20.3. The minimum absolute atomic E-state index is 0.0556. The number of amides is 1. The second kappa shape index (κ2) is 8.71. The van der Waals surface area contributed by atoms with E-state index >= 15 is 0 Å². The van der Waals surface area contributed by atoms with Gasteiger partial charge in [0.25, 0.3) is 5.91 Å². The second-order valence-electron chi connectivity index (χ2n) is 8.73. The molecule has 0 saturated carbocycles. The van der Waals surface area contributed by atoms with Gasteiger partial charge in [0, 0.05) is 39.9 Å². The summed E-state index contributed by atoms with van der Waals surface area (Å²) in [5, 5.41) is 16.6. The molecule has 6 rings (SSSR count). The van der Waals surface area contributed by atoms with Crippen LogP contribution in [0.2, 0.25) is 0 Å².